The van der Waals surface area contributed by atoms with Crippen LogP contribution in [-0.2, 0) is 14.3 Å². The van der Waals surface area contributed by atoms with E-state index in [-0.39, 0.29) is 30.8 Å². The molecule has 2 aromatic rings. The highest BCUT2D eigenvalue weighted by atomic mass is 16.5. The average molecular weight is 496 g/mol. The lowest BCUT2D eigenvalue weighted by atomic mass is 9.71. The lowest BCUT2D eigenvalue weighted by Crippen LogP contribution is -2.34. The van der Waals surface area contributed by atoms with Crippen LogP contribution in [0.15, 0.2) is 18.2 Å². The Labute approximate surface area is 214 Å². The fraction of sp³-hybridized carbons (Fsp3) is 0.643. The summed E-state index contributed by atoms with van der Waals surface area (Å²) in [7, 11) is 1.50. The number of amides is 2. The van der Waals surface area contributed by atoms with Crippen LogP contribution < -0.4 is 10.6 Å². The maximum atomic E-state index is 13.1. The van der Waals surface area contributed by atoms with E-state index in [1.54, 1.807) is 0 Å². The van der Waals surface area contributed by atoms with Gasteiger partial charge in [0.25, 0.3) is 0 Å². The zero-order valence-electron chi connectivity index (χ0n) is 22.3. The van der Waals surface area contributed by atoms with Gasteiger partial charge in [0.1, 0.15) is 18.3 Å². The van der Waals surface area contributed by atoms with Gasteiger partial charge < -0.3 is 19.9 Å². The molecule has 2 saturated carbocycles. The van der Waals surface area contributed by atoms with Crippen molar-refractivity contribution in [2.45, 2.75) is 84.1 Å². The molecule has 0 spiro atoms. The highest BCUT2D eigenvalue weighted by molar-refractivity contribution is 5.92. The maximum Gasteiger partial charge on any atom is 0.246 e. The number of nitrogens with zero attached hydrogens (tertiary/aromatic N) is 3. The predicted molar refractivity (Wildman–Crippen MR) is 140 cm³/mol. The van der Waals surface area contributed by atoms with E-state index in [0.29, 0.717) is 24.4 Å². The summed E-state index contributed by atoms with van der Waals surface area (Å²) in [6.45, 7) is 8.89. The minimum absolute atomic E-state index is 0.0125. The second kappa shape index (κ2) is 11.5. The summed E-state index contributed by atoms with van der Waals surface area (Å²) in [4.78, 5) is 25.3. The van der Waals surface area contributed by atoms with Crippen LogP contribution in [0.1, 0.15) is 93.0 Å². The van der Waals surface area contributed by atoms with Gasteiger partial charge >= 0.3 is 0 Å². The SMILES string of the molecule is COCC(=O)NC[C@@H](CC(=O)Nc1ccc(C)cc1C)c1nnc(C2CC(CC(C)C)C2)n1C1CC1. The van der Waals surface area contributed by atoms with Crippen molar-refractivity contribution in [2.24, 2.45) is 11.8 Å². The smallest absolute Gasteiger partial charge is 0.246 e. The highest BCUT2D eigenvalue weighted by Gasteiger charge is 2.39. The van der Waals surface area contributed by atoms with Crippen molar-refractivity contribution < 1.29 is 14.3 Å². The summed E-state index contributed by atoms with van der Waals surface area (Å²) >= 11 is 0. The quantitative estimate of drug-likeness (QED) is 0.447. The minimum Gasteiger partial charge on any atom is -0.375 e. The van der Waals surface area contributed by atoms with Crippen LogP contribution in [0.5, 0.6) is 0 Å². The molecule has 8 heteroatoms. The molecule has 1 atom stereocenters. The molecular formula is C28H41N5O3. The summed E-state index contributed by atoms with van der Waals surface area (Å²) in [5.74, 6) is 3.21. The molecule has 0 radical (unpaired) electrons. The Morgan fingerprint density at radius 1 is 1.14 bits per heavy atom. The molecular weight excluding hydrogens is 454 g/mol. The number of rotatable bonds is 12. The minimum atomic E-state index is -0.273. The van der Waals surface area contributed by atoms with E-state index >= 15 is 0 Å². The van der Waals surface area contributed by atoms with Gasteiger partial charge in [0.05, 0.1) is 0 Å². The molecule has 8 nitrogen and oxygen atoms in total. The lowest BCUT2D eigenvalue weighted by Gasteiger charge is -2.36. The average Bonchev–Trinajstić information content (AvgIpc) is 3.54. The van der Waals surface area contributed by atoms with Gasteiger partial charge in [-0.05, 0) is 69.4 Å². The van der Waals surface area contributed by atoms with Gasteiger partial charge in [0.15, 0.2) is 0 Å². The fourth-order valence-electron chi connectivity index (χ4n) is 5.44. The number of methoxy groups -OCH3 is 1. The summed E-state index contributed by atoms with van der Waals surface area (Å²) in [6, 6.07) is 6.38. The molecule has 36 heavy (non-hydrogen) atoms. The van der Waals surface area contributed by atoms with Crippen molar-refractivity contribution in [1.29, 1.82) is 0 Å². The summed E-state index contributed by atoms with van der Waals surface area (Å²) < 4.78 is 7.27. The predicted octanol–water partition coefficient (Wildman–Crippen LogP) is 4.64. The molecule has 2 N–H and O–H groups in total. The van der Waals surface area contributed by atoms with E-state index in [9.17, 15) is 9.59 Å². The molecule has 1 heterocycles. The maximum absolute atomic E-state index is 13.1. The number of nitrogens with one attached hydrogen (secondary N) is 2. The number of carbonyl (C=O) groups is 2. The largest absolute Gasteiger partial charge is 0.375 e. The molecule has 4 rings (SSSR count). The summed E-state index contributed by atoms with van der Waals surface area (Å²) in [6.07, 6.45) is 6.01. The van der Waals surface area contributed by atoms with Crippen LogP contribution in [0.4, 0.5) is 5.69 Å². The number of ether oxygens (including phenoxy) is 1. The Kier molecular flexibility index (Phi) is 8.44. The Hall–Kier alpha value is -2.74. The van der Waals surface area contributed by atoms with Crippen LogP contribution >= 0.6 is 0 Å². The fourth-order valence-corrected chi connectivity index (χ4v) is 5.44. The standard InChI is InChI=1S/C28H41N5O3/c1-17(2)10-20-12-21(13-20)27-31-32-28(33(27)23-7-8-23)22(15-29-26(35)16-36-5)14-25(34)30-24-9-6-18(3)11-19(24)4/h6,9,11,17,20-23H,7-8,10,12-16H2,1-5H3,(H,29,35)(H,30,34)/t20?,21?,22-/m1/s1. The van der Waals surface area contributed by atoms with Crippen molar-refractivity contribution in [3.63, 3.8) is 0 Å². The molecule has 2 aliphatic rings. The number of aromatic nitrogens is 3. The molecule has 0 bridgehead atoms. The van der Waals surface area contributed by atoms with Crippen LogP contribution in [0.3, 0.4) is 0 Å². The normalized spacial score (nSPS) is 20.2. The summed E-state index contributed by atoms with van der Waals surface area (Å²) in [5.41, 5.74) is 2.99. The number of aryl methyl sites for hydroxylation is 2. The van der Waals surface area contributed by atoms with Gasteiger partial charge in [0, 0.05) is 43.6 Å². The lowest BCUT2D eigenvalue weighted by molar-refractivity contribution is -0.125. The van der Waals surface area contributed by atoms with Gasteiger partial charge in [-0.1, -0.05) is 31.5 Å². The van der Waals surface area contributed by atoms with Crippen molar-refractivity contribution in [1.82, 2.24) is 20.1 Å². The van der Waals surface area contributed by atoms with Crippen molar-refractivity contribution in [3.05, 3.63) is 41.0 Å². The molecule has 1 aromatic carbocycles. The Bertz CT molecular complexity index is 1070. The molecule has 0 unspecified atom stereocenters. The first-order chi connectivity index (χ1) is 17.2. The van der Waals surface area contributed by atoms with Gasteiger partial charge in [-0.15, -0.1) is 10.2 Å². The second-order valence-corrected chi connectivity index (χ2v) is 11.2. The molecule has 2 amide bonds. The zero-order chi connectivity index (χ0) is 25.8. The molecule has 2 aliphatic carbocycles. The van der Waals surface area contributed by atoms with Crippen molar-refractivity contribution in [2.75, 3.05) is 25.6 Å². The van der Waals surface area contributed by atoms with E-state index < -0.39 is 0 Å². The van der Waals surface area contributed by atoms with E-state index in [1.807, 2.05) is 26.0 Å². The number of hydrogen-bond acceptors (Lipinski definition) is 5. The highest BCUT2D eigenvalue weighted by Crippen LogP contribution is 2.47. The first-order valence-electron chi connectivity index (χ1n) is 13.3. The monoisotopic (exact) mass is 495 g/mol. The topological polar surface area (TPSA) is 98.1 Å². The third-order valence-corrected chi connectivity index (χ3v) is 7.34. The molecule has 0 saturated heterocycles. The Morgan fingerprint density at radius 3 is 2.53 bits per heavy atom. The zero-order valence-corrected chi connectivity index (χ0v) is 22.3. The first kappa shape index (κ1) is 26.3. The van der Waals surface area contributed by atoms with E-state index in [0.717, 1.165) is 60.1 Å². The van der Waals surface area contributed by atoms with Crippen LogP contribution in [0.25, 0.3) is 0 Å². The van der Waals surface area contributed by atoms with E-state index in [4.69, 9.17) is 4.74 Å². The van der Waals surface area contributed by atoms with Crippen LogP contribution in [-0.4, -0.2) is 46.8 Å². The third-order valence-electron chi connectivity index (χ3n) is 7.34. The Balaban J connectivity index is 1.52. The van der Waals surface area contributed by atoms with Crippen LogP contribution in [0.2, 0.25) is 0 Å². The number of carbonyl (C=O) groups excluding carboxylic acids is 2. The first-order valence-corrected chi connectivity index (χ1v) is 13.3. The number of benzene rings is 1. The third kappa shape index (κ3) is 6.52. The van der Waals surface area contributed by atoms with E-state index in [1.165, 1.54) is 13.5 Å². The van der Waals surface area contributed by atoms with Crippen LogP contribution in [0, 0.1) is 25.7 Å². The van der Waals surface area contributed by atoms with Gasteiger partial charge in [-0.2, -0.15) is 0 Å². The van der Waals surface area contributed by atoms with Crippen molar-refractivity contribution in [3.8, 4) is 0 Å². The van der Waals surface area contributed by atoms with Gasteiger partial charge in [-0.25, -0.2) is 0 Å². The second-order valence-electron chi connectivity index (χ2n) is 11.2. The van der Waals surface area contributed by atoms with Crippen molar-refractivity contribution >= 4 is 17.5 Å². The summed E-state index contributed by atoms with van der Waals surface area (Å²) in [5, 5.41) is 15.3. The molecule has 0 aliphatic heterocycles. The van der Waals surface area contributed by atoms with Gasteiger partial charge in [-0.3, -0.25) is 9.59 Å². The molecule has 2 fully saturated rings. The molecule has 196 valence electrons. The van der Waals surface area contributed by atoms with E-state index in [2.05, 4.69) is 45.3 Å². The molecule has 1 aromatic heterocycles. The Morgan fingerprint density at radius 2 is 1.89 bits per heavy atom. The number of hydrogen-bond donors (Lipinski definition) is 2. The number of anilines is 1. The van der Waals surface area contributed by atoms with Gasteiger partial charge in [0.2, 0.25) is 11.8 Å².